The Morgan fingerprint density at radius 3 is 2.67 bits per heavy atom. The van der Waals surface area contributed by atoms with E-state index in [1.54, 1.807) is 4.90 Å². The number of rotatable bonds is 5. The normalized spacial score (nSPS) is 33.7. The summed E-state index contributed by atoms with van der Waals surface area (Å²) >= 11 is 0. The summed E-state index contributed by atoms with van der Waals surface area (Å²) in [4.78, 5) is 27.0. The molecule has 0 aromatic carbocycles. The standard InChI is InChI=1S/C16H28N2O3/c1-5-16(4)15(20)18(9-8-12-7-6-10-21-12)13(11(2)3)14(19)17-16/h11-13H,5-10H2,1-4H3,(H,17,19). The Morgan fingerprint density at radius 2 is 2.14 bits per heavy atom. The highest BCUT2D eigenvalue weighted by Gasteiger charge is 2.47. The number of amides is 2. The van der Waals surface area contributed by atoms with E-state index in [1.807, 2.05) is 27.7 Å². The van der Waals surface area contributed by atoms with E-state index >= 15 is 0 Å². The monoisotopic (exact) mass is 296 g/mol. The van der Waals surface area contributed by atoms with Crippen LogP contribution in [-0.2, 0) is 14.3 Å². The van der Waals surface area contributed by atoms with Crippen LogP contribution in [0, 0.1) is 5.92 Å². The first kappa shape index (κ1) is 16.3. The average molecular weight is 296 g/mol. The summed E-state index contributed by atoms with van der Waals surface area (Å²) in [5, 5.41) is 2.92. The van der Waals surface area contributed by atoms with Crippen LogP contribution < -0.4 is 5.32 Å². The second kappa shape index (κ2) is 6.34. The van der Waals surface area contributed by atoms with E-state index in [1.165, 1.54) is 0 Å². The fourth-order valence-electron chi connectivity index (χ4n) is 3.28. The fraction of sp³-hybridized carbons (Fsp3) is 0.875. The predicted octanol–water partition coefficient (Wildman–Crippen LogP) is 1.71. The number of carbonyl (C=O) groups is 2. The van der Waals surface area contributed by atoms with Crippen molar-refractivity contribution in [1.82, 2.24) is 10.2 Å². The Kier molecular flexibility index (Phi) is 4.91. The smallest absolute Gasteiger partial charge is 0.248 e. The van der Waals surface area contributed by atoms with Crippen LogP contribution in [0.15, 0.2) is 0 Å². The molecule has 1 N–H and O–H groups in total. The summed E-state index contributed by atoms with van der Waals surface area (Å²) in [5.41, 5.74) is -0.765. The van der Waals surface area contributed by atoms with Crippen molar-refractivity contribution in [2.75, 3.05) is 13.2 Å². The lowest BCUT2D eigenvalue weighted by molar-refractivity contribution is -0.156. The molecule has 0 radical (unpaired) electrons. The van der Waals surface area contributed by atoms with Crippen LogP contribution in [0.5, 0.6) is 0 Å². The molecular formula is C16H28N2O3. The molecule has 2 amide bonds. The average Bonchev–Trinajstić information content (AvgIpc) is 2.93. The summed E-state index contributed by atoms with van der Waals surface area (Å²) in [6.45, 7) is 9.17. The van der Waals surface area contributed by atoms with Gasteiger partial charge in [0.25, 0.3) is 0 Å². The van der Waals surface area contributed by atoms with Crippen LogP contribution in [0.2, 0.25) is 0 Å². The molecule has 2 fully saturated rings. The lowest BCUT2D eigenvalue weighted by atomic mass is 9.88. The number of ether oxygens (including phenoxy) is 1. The molecule has 120 valence electrons. The molecule has 0 saturated carbocycles. The van der Waals surface area contributed by atoms with Crippen molar-refractivity contribution in [2.45, 2.75) is 71.1 Å². The van der Waals surface area contributed by atoms with Gasteiger partial charge in [-0.1, -0.05) is 20.8 Å². The van der Waals surface area contributed by atoms with Crippen molar-refractivity contribution in [3.63, 3.8) is 0 Å². The van der Waals surface area contributed by atoms with Gasteiger partial charge < -0.3 is 15.0 Å². The molecule has 3 unspecified atom stereocenters. The van der Waals surface area contributed by atoms with Crippen molar-refractivity contribution in [2.24, 2.45) is 5.92 Å². The summed E-state index contributed by atoms with van der Waals surface area (Å²) in [6.07, 6.45) is 3.83. The number of nitrogens with one attached hydrogen (secondary N) is 1. The van der Waals surface area contributed by atoms with Crippen molar-refractivity contribution in [3.8, 4) is 0 Å². The Balaban J connectivity index is 2.13. The molecule has 21 heavy (non-hydrogen) atoms. The van der Waals surface area contributed by atoms with E-state index in [-0.39, 0.29) is 29.9 Å². The van der Waals surface area contributed by atoms with Crippen molar-refractivity contribution in [1.29, 1.82) is 0 Å². The molecule has 0 aromatic rings. The minimum absolute atomic E-state index is 0.0266. The Morgan fingerprint density at radius 1 is 1.43 bits per heavy atom. The maximum absolute atomic E-state index is 12.8. The minimum Gasteiger partial charge on any atom is -0.378 e. The maximum atomic E-state index is 12.8. The molecule has 2 heterocycles. The van der Waals surface area contributed by atoms with Gasteiger partial charge in [-0.25, -0.2) is 0 Å². The van der Waals surface area contributed by atoms with E-state index in [2.05, 4.69) is 5.32 Å². The van der Waals surface area contributed by atoms with Gasteiger partial charge >= 0.3 is 0 Å². The van der Waals surface area contributed by atoms with E-state index in [4.69, 9.17) is 4.74 Å². The van der Waals surface area contributed by atoms with E-state index in [0.29, 0.717) is 13.0 Å². The van der Waals surface area contributed by atoms with Crippen LogP contribution in [-0.4, -0.2) is 47.6 Å². The second-order valence-corrected chi connectivity index (χ2v) is 6.79. The predicted molar refractivity (Wildman–Crippen MR) is 80.8 cm³/mol. The Bertz CT molecular complexity index is 404. The molecule has 5 heteroatoms. The summed E-state index contributed by atoms with van der Waals surface area (Å²) < 4.78 is 5.64. The summed E-state index contributed by atoms with van der Waals surface area (Å²) in [5.74, 6) is 0.127. The molecule has 0 aromatic heterocycles. The van der Waals surface area contributed by atoms with Gasteiger partial charge in [0.15, 0.2) is 0 Å². The maximum Gasteiger partial charge on any atom is 0.248 e. The zero-order valence-corrected chi connectivity index (χ0v) is 13.6. The van der Waals surface area contributed by atoms with Gasteiger partial charge in [0.1, 0.15) is 11.6 Å². The third-order valence-corrected chi connectivity index (χ3v) is 4.79. The lowest BCUT2D eigenvalue weighted by Gasteiger charge is -2.45. The summed E-state index contributed by atoms with van der Waals surface area (Å²) in [7, 11) is 0. The van der Waals surface area contributed by atoms with Crippen molar-refractivity contribution in [3.05, 3.63) is 0 Å². The zero-order valence-electron chi connectivity index (χ0n) is 13.6. The van der Waals surface area contributed by atoms with Gasteiger partial charge in [-0.05, 0) is 38.5 Å². The number of hydrogen-bond acceptors (Lipinski definition) is 3. The molecule has 2 rings (SSSR count). The van der Waals surface area contributed by atoms with E-state index in [0.717, 1.165) is 25.9 Å². The highest BCUT2D eigenvalue weighted by molar-refractivity contribution is 5.99. The Labute approximate surface area is 127 Å². The third kappa shape index (κ3) is 3.23. The quantitative estimate of drug-likeness (QED) is 0.840. The van der Waals surface area contributed by atoms with Crippen LogP contribution in [0.1, 0.15) is 53.4 Å². The molecule has 0 aliphatic carbocycles. The van der Waals surface area contributed by atoms with Crippen molar-refractivity contribution < 1.29 is 14.3 Å². The summed E-state index contributed by atoms with van der Waals surface area (Å²) in [6, 6.07) is -0.362. The molecule has 3 atom stereocenters. The van der Waals surface area contributed by atoms with E-state index < -0.39 is 5.54 Å². The van der Waals surface area contributed by atoms with Gasteiger partial charge in [0.05, 0.1) is 6.10 Å². The molecule has 2 aliphatic heterocycles. The number of nitrogens with zero attached hydrogens (tertiary/aromatic N) is 1. The molecule has 2 saturated heterocycles. The van der Waals surface area contributed by atoms with Crippen LogP contribution in [0.25, 0.3) is 0 Å². The van der Waals surface area contributed by atoms with Crippen molar-refractivity contribution >= 4 is 11.8 Å². The minimum atomic E-state index is -0.765. The molecular weight excluding hydrogens is 268 g/mol. The van der Waals surface area contributed by atoms with Gasteiger partial charge in [-0.15, -0.1) is 0 Å². The first-order valence-electron chi connectivity index (χ1n) is 8.13. The first-order valence-corrected chi connectivity index (χ1v) is 8.13. The lowest BCUT2D eigenvalue weighted by Crippen LogP contribution is -2.70. The third-order valence-electron chi connectivity index (χ3n) is 4.79. The highest BCUT2D eigenvalue weighted by atomic mass is 16.5. The van der Waals surface area contributed by atoms with Crippen LogP contribution in [0.3, 0.4) is 0 Å². The first-order chi connectivity index (χ1) is 9.89. The van der Waals surface area contributed by atoms with E-state index in [9.17, 15) is 9.59 Å². The number of hydrogen-bond donors (Lipinski definition) is 1. The largest absolute Gasteiger partial charge is 0.378 e. The number of carbonyl (C=O) groups excluding carboxylic acids is 2. The SMILES string of the molecule is CCC1(C)NC(=O)C(C(C)C)N(CCC2CCCO2)C1=O. The molecule has 0 bridgehead atoms. The topological polar surface area (TPSA) is 58.6 Å². The molecule has 5 nitrogen and oxygen atoms in total. The van der Waals surface area contributed by atoms with Gasteiger partial charge in [0.2, 0.25) is 11.8 Å². The van der Waals surface area contributed by atoms with Crippen LogP contribution >= 0.6 is 0 Å². The molecule has 0 spiro atoms. The fourth-order valence-corrected chi connectivity index (χ4v) is 3.28. The second-order valence-electron chi connectivity index (χ2n) is 6.79. The molecule has 2 aliphatic rings. The van der Waals surface area contributed by atoms with Gasteiger partial charge in [0, 0.05) is 13.2 Å². The van der Waals surface area contributed by atoms with Gasteiger partial charge in [-0.2, -0.15) is 0 Å². The number of piperazine rings is 1. The van der Waals surface area contributed by atoms with Gasteiger partial charge in [-0.3, -0.25) is 9.59 Å². The Hall–Kier alpha value is -1.10. The zero-order chi connectivity index (χ0) is 15.6. The highest BCUT2D eigenvalue weighted by Crippen LogP contribution is 2.26. The van der Waals surface area contributed by atoms with Crippen LogP contribution in [0.4, 0.5) is 0 Å².